The van der Waals surface area contributed by atoms with E-state index in [1.54, 1.807) is 0 Å². The van der Waals surface area contributed by atoms with Gasteiger partial charge in [0, 0.05) is 38.8 Å². The number of aliphatic imine (C=N–C) groups is 1. The van der Waals surface area contributed by atoms with Crippen LogP contribution in [-0.2, 0) is 18.3 Å². The summed E-state index contributed by atoms with van der Waals surface area (Å²) in [5, 5.41) is 15.9. The maximum absolute atomic E-state index is 5.61. The van der Waals surface area contributed by atoms with Gasteiger partial charge in [0.05, 0.1) is 13.2 Å². The molecular formula is C23H43N7O. The van der Waals surface area contributed by atoms with Gasteiger partial charge in [-0.3, -0.25) is 4.90 Å². The van der Waals surface area contributed by atoms with Crippen molar-refractivity contribution in [1.82, 2.24) is 30.3 Å². The Labute approximate surface area is 188 Å². The van der Waals surface area contributed by atoms with Crippen LogP contribution in [0.2, 0.25) is 0 Å². The highest BCUT2D eigenvalue weighted by molar-refractivity contribution is 5.80. The molecule has 176 valence electrons. The second-order valence-corrected chi connectivity index (χ2v) is 9.04. The molecule has 0 amide bonds. The van der Waals surface area contributed by atoms with Crippen molar-refractivity contribution in [2.45, 2.75) is 84.3 Å². The Morgan fingerprint density at radius 2 is 1.84 bits per heavy atom. The third-order valence-corrected chi connectivity index (χ3v) is 7.09. The SMILES string of the molecule is CCC(CC)C(CNC(=NCc1nnc(C)n1C)NC1CCCCC1)N1CCOCC1. The number of hydrogen-bond donors (Lipinski definition) is 2. The van der Waals surface area contributed by atoms with Crippen molar-refractivity contribution >= 4 is 5.96 Å². The minimum atomic E-state index is 0.495. The van der Waals surface area contributed by atoms with Crippen LogP contribution in [0.5, 0.6) is 0 Å². The zero-order valence-electron chi connectivity index (χ0n) is 20.1. The predicted octanol–water partition coefficient (Wildman–Crippen LogP) is 2.63. The smallest absolute Gasteiger partial charge is 0.191 e. The van der Waals surface area contributed by atoms with Crippen LogP contribution in [0.1, 0.15) is 70.4 Å². The molecule has 0 bridgehead atoms. The van der Waals surface area contributed by atoms with Crippen molar-refractivity contribution in [2.75, 3.05) is 32.8 Å². The van der Waals surface area contributed by atoms with Crippen LogP contribution in [0, 0.1) is 12.8 Å². The molecule has 2 fully saturated rings. The number of nitrogens with zero attached hydrogens (tertiary/aromatic N) is 5. The molecule has 0 spiro atoms. The fraction of sp³-hybridized carbons (Fsp3) is 0.870. The van der Waals surface area contributed by atoms with Crippen LogP contribution in [0.4, 0.5) is 0 Å². The molecule has 3 rings (SSSR count). The van der Waals surface area contributed by atoms with E-state index < -0.39 is 0 Å². The summed E-state index contributed by atoms with van der Waals surface area (Å²) in [6, 6.07) is 1.01. The Hall–Kier alpha value is -1.67. The molecule has 0 radical (unpaired) electrons. The summed E-state index contributed by atoms with van der Waals surface area (Å²) in [7, 11) is 2.00. The van der Waals surface area contributed by atoms with E-state index in [0.717, 1.165) is 50.5 Å². The Morgan fingerprint density at radius 1 is 1.13 bits per heavy atom. The zero-order valence-corrected chi connectivity index (χ0v) is 20.1. The topological polar surface area (TPSA) is 79.6 Å². The van der Waals surface area contributed by atoms with E-state index in [0.29, 0.717) is 24.5 Å². The number of morpholine rings is 1. The maximum Gasteiger partial charge on any atom is 0.191 e. The molecule has 1 aliphatic heterocycles. The predicted molar refractivity (Wildman–Crippen MR) is 125 cm³/mol. The third kappa shape index (κ3) is 6.91. The minimum Gasteiger partial charge on any atom is -0.379 e. The van der Waals surface area contributed by atoms with Crippen molar-refractivity contribution in [3.8, 4) is 0 Å². The second kappa shape index (κ2) is 12.4. The number of aromatic nitrogens is 3. The zero-order chi connectivity index (χ0) is 22.1. The molecule has 8 heteroatoms. The highest BCUT2D eigenvalue weighted by Gasteiger charge is 2.27. The number of aryl methyl sites for hydroxylation is 1. The average Bonchev–Trinajstić information content (AvgIpc) is 3.13. The van der Waals surface area contributed by atoms with Crippen molar-refractivity contribution in [3.63, 3.8) is 0 Å². The lowest BCUT2D eigenvalue weighted by Crippen LogP contribution is -2.54. The third-order valence-electron chi connectivity index (χ3n) is 7.09. The standard InChI is InChI=1S/C23H43N7O/c1-5-19(6-2)21(30-12-14-31-15-13-30)16-24-23(26-20-10-8-7-9-11-20)25-17-22-28-27-18(3)29(22)4/h19-21H,5-17H2,1-4H3,(H2,24,25,26). The van der Waals surface area contributed by atoms with E-state index in [4.69, 9.17) is 9.73 Å². The van der Waals surface area contributed by atoms with Crippen LogP contribution in [0.15, 0.2) is 4.99 Å². The Morgan fingerprint density at radius 3 is 2.45 bits per heavy atom. The summed E-state index contributed by atoms with van der Waals surface area (Å²) in [5.74, 6) is 3.40. The number of rotatable bonds is 9. The van der Waals surface area contributed by atoms with Gasteiger partial charge in [0.2, 0.25) is 0 Å². The summed E-state index contributed by atoms with van der Waals surface area (Å²) in [6.07, 6.45) is 8.80. The summed E-state index contributed by atoms with van der Waals surface area (Å²) in [6.45, 7) is 11.7. The van der Waals surface area contributed by atoms with Crippen LogP contribution in [-0.4, -0.2) is 70.6 Å². The fourth-order valence-corrected chi connectivity index (χ4v) is 4.87. The van der Waals surface area contributed by atoms with Crippen molar-refractivity contribution in [3.05, 3.63) is 11.6 Å². The van der Waals surface area contributed by atoms with E-state index in [1.807, 2.05) is 18.5 Å². The van der Waals surface area contributed by atoms with Gasteiger partial charge in [-0.05, 0) is 25.7 Å². The molecule has 2 heterocycles. The average molecular weight is 434 g/mol. The van der Waals surface area contributed by atoms with E-state index >= 15 is 0 Å². The first-order chi connectivity index (χ1) is 15.1. The van der Waals surface area contributed by atoms with Crippen LogP contribution >= 0.6 is 0 Å². The molecule has 1 saturated heterocycles. The first-order valence-corrected chi connectivity index (χ1v) is 12.3. The highest BCUT2D eigenvalue weighted by Crippen LogP contribution is 2.20. The quantitative estimate of drug-likeness (QED) is 0.460. The van der Waals surface area contributed by atoms with Gasteiger partial charge in [0.15, 0.2) is 11.8 Å². The Kier molecular flexibility index (Phi) is 9.58. The fourth-order valence-electron chi connectivity index (χ4n) is 4.87. The van der Waals surface area contributed by atoms with E-state index in [-0.39, 0.29) is 0 Å². The molecule has 31 heavy (non-hydrogen) atoms. The van der Waals surface area contributed by atoms with Crippen molar-refractivity contribution in [2.24, 2.45) is 18.0 Å². The largest absolute Gasteiger partial charge is 0.379 e. The lowest BCUT2D eigenvalue weighted by atomic mass is 9.92. The number of ether oxygens (including phenoxy) is 1. The van der Waals surface area contributed by atoms with E-state index in [2.05, 4.69) is 39.6 Å². The lowest BCUT2D eigenvalue weighted by molar-refractivity contribution is 0.00270. The van der Waals surface area contributed by atoms with Crippen LogP contribution in [0.3, 0.4) is 0 Å². The van der Waals surface area contributed by atoms with Crippen molar-refractivity contribution < 1.29 is 4.74 Å². The second-order valence-electron chi connectivity index (χ2n) is 9.04. The van der Waals surface area contributed by atoms with Gasteiger partial charge in [-0.2, -0.15) is 0 Å². The van der Waals surface area contributed by atoms with Crippen LogP contribution < -0.4 is 10.6 Å². The van der Waals surface area contributed by atoms with Gasteiger partial charge in [-0.1, -0.05) is 46.0 Å². The van der Waals surface area contributed by atoms with Gasteiger partial charge >= 0.3 is 0 Å². The molecule has 8 nitrogen and oxygen atoms in total. The van der Waals surface area contributed by atoms with Gasteiger partial charge in [-0.25, -0.2) is 4.99 Å². The maximum atomic E-state index is 5.61. The Bertz CT molecular complexity index is 673. The number of guanidine groups is 1. The molecule has 0 aromatic carbocycles. The summed E-state index contributed by atoms with van der Waals surface area (Å²) in [5.41, 5.74) is 0. The van der Waals surface area contributed by atoms with E-state index in [9.17, 15) is 0 Å². The number of hydrogen-bond acceptors (Lipinski definition) is 5. The molecule has 1 unspecified atom stereocenters. The summed E-state index contributed by atoms with van der Waals surface area (Å²) >= 11 is 0. The molecule has 1 saturated carbocycles. The summed E-state index contributed by atoms with van der Waals surface area (Å²) in [4.78, 5) is 7.53. The molecular weight excluding hydrogens is 390 g/mol. The van der Waals surface area contributed by atoms with Crippen molar-refractivity contribution in [1.29, 1.82) is 0 Å². The van der Waals surface area contributed by atoms with E-state index in [1.165, 1.54) is 44.9 Å². The lowest BCUT2D eigenvalue weighted by Gasteiger charge is -2.39. The molecule has 2 aliphatic rings. The highest BCUT2D eigenvalue weighted by atomic mass is 16.5. The molecule has 1 aromatic heterocycles. The minimum absolute atomic E-state index is 0.495. The van der Waals surface area contributed by atoms with Crippen LogP contribution in [0.25, 0.3) is 0 Å². The molecule has 2 N–H and O–H groups in total. The first kappa shape index (κ1) is 24.0. The Balaban J connectivity index is 1.69. The molecule has 1 aromatic rings. The number of nitrogens with one attached hydrogen (secondary N) is 2. The molecule has 1 atom stereocenters. The van der Waals surface area contributed by atoms with Gasteiger partial charge in [-0.15, -0.1) is 10.2 Å². The summed E-state index contributed by atoms with van der Waals surface area (Å²) < 4.78 is 7.63. The van der Waals surface area contributed by atoms with Gasteiger partial charge in [0.1, 0.15) is 12.4 Å². The first-order valence-electron chi connectivity index (χ1n) is 12.3. The van der Waals surface area contributed by atoms with Gasteiger partial charge in [0.25, 0.3) is 0 Å². The van der Waals surface area contributed by atoms with Gasteiger partial charge < -0.3 is 19.9 Å². The normalized spacial score (nSPS) is 20.2. The monoisotopic (exact) mass is 433 g/mol. The molecule has 1 aliphatic carbocycles.